The Balaban J connectivity index is 2.30. The molecule has 0 aliphatic carbocycles. The quantitative estimate of drug-likeness (QED) is 0.530. The van der Waals surface area contributed by atoms with E-state index < -0.39 is 5.91 Å². The van der Waals surface area contributed by atoms with E-state index in [1.165, 1.54) is 17.5 Å². The molecule has 64 valence electrons. The number of Topliss-reactive ketones (excluding diaryl/α,β-unsaturated/α-hetero) is 1. The Hall–Kier alpha value is -1.62. The molecule has 0 aromatic carbocycles. The van der Waals surface area contributed by atoms with Gasteiger partial charge in [-0.3, -0.25) is 9.59 Å². The summed E-state index contributed by atoms with van der Waals surface area (Å²) in [5, 5.41) is 10.1. The van der Waals surface area contributed by atoms with Gasteiger partial charge in [0.2, 0.25) is 5.78 Å². The first-order valence-corrected chi connectivity index (χ1v) is 4.45. The van der Waals surface area contributed by atoms with Gasteiger partial charge in [0.1, 0.15) is 5.57 Å². The number of amides is 1. The molecule has 13 heavy (non-hydrogen) atoms. The standard InChI is InChI=1S/C8H4N2O2S/c11-7(5-1-2-13-4-5)6-3-9-10-8(6)12/h1-4H. The normalized spacial score (nSPS) is 14.8. The second-order valence-electron chi connectivity index (χ2n) is 2.40. The van der Waals surface area contributed by atoms with Crippen LogP contribution in [0.3, 0.4) is 0 Å². The number of hydrogen-bond acceptors (Lipinski definition) is 4. The van der Waals surface area contributed by atoms with Gasteiger partial charge in [-0.05, 0) is 11.4 Å². The summed E-state index contributed by atoms with van der Waals surface area (Å²) in [5.74, 6) is -0.868. The second kappa shape index (κ2) is 3.02. The van der Waals surface area contributed by atoms with Crippen molar-refractivity contribution in [2.24, 2.45) is 10.2 Å². The highest BCUT2D eigenvalue weighted by Gasteiger charge is 2.22. The van der Waals surface area contributed by atoms with Crippen LogP contribution in [0.15, 0.2) is 38.8 Å². The average Bonchev–Trinajstić information content (AvgIpc) is 2.72. The van der Waals surface area contributed by atoms with Crippen molar-refractivity contribution in [3.63, 3.8) is 0 Å². The van der Waals surface area contributed by atoms with E-state index in [0.717, 1.165) is 0 Å². The minimum absolute atomic E-state index is 0.0402. The van der Waals surface area contributed by atoms with Crippen LogP contribution in [0.4, 0.5) is 0 Å². The Morgan fingerprint density at radius 3 is 2.85 bits per heavy atom. The zero-order chi connectivity index (χ0) is 9.26. The summed E-state index contributed by atoms with van der Waals surface area (Å²) in [5.41, 5.74) is 0.551. The van der Waals surface area contributed by atoms with E-state index in [2.05, 4.69) is 10.2 Å². The molecule has 4 nitrogen and oxygen atoms in total. The molecule has 1 aromatic heterocycles. The molecule has 1 aliphatic rings. The lowest BCUT2D eigenvalue weighted by molar-refractivity contribution is -0.114. The number of ketones is 1. The number of azo groups is 1. The highest BCUT2D eigenvalue weighted by Crippen LogP contribution is 2.16. The van der Waals surface area contributed by atoms with Crippen molar-refractivity contribution in [1.29, 1.82) is 0 Å². The topological polar surface area (TPSA) is 58.9 Å². The van der Waals surface area contributed by atoms with Gasteiger partial charge >= 0.3 is 5.91 Å². The van der Waals surface area contributed by atoms with Gasteiger partial charge in [-0.15, -0.1) is 5.11 Å². The van der Waals surface area contributed by atoms with Crippen molar-refractivity contribution in [3.05, 3.63) is 34.2 Å². The van der Waals surface area contributed by atoms with Gasteiger partial charge in [0.25, 0.3) is 0 Å². The molecule has 1 aliphatic heterocycles. The molecular weight excluding hydrogens is 188 g/mol. The molecule has 0 fully saturated rings. The third kappa shape index (κ3) is 1.33. The number of thiophene rings is 1. The fourth-order valence-corrected chi connectivity index (χ4v) is 1.59. The van der Waals surface area contributed by atoms with Gasteiger partial charge < -0.3 is 0 Å². The SMILES string of the molecule is O=C1N=NC=C1C(=O)c1ccsc1. The molecule has 0 saturated carbocycles. The van der Waals surface area contributed by atoms with Crippen LogP contribution in [-0.2, 0) is 4.79 Å². The lowest BCUT2D eigenvalue weighted by Gasteiger charge is -1.92. The van der Waals surface area contributed by atoms with E-state index in [1.54, 1.807) is 16.8 Å². The van der Waals surface area contributed by atoms with E-state index in [9.17, 15) is 9.59 Å². The van der Waals surface area contributed by atoms with Crippen LogP contribution in [0.2, 0.25) is 0 Å². The zero-order valence-corrected chi connectivity index (χ0v) is 7.25. The average molecular weight is 192 g/mol. The summed E-state index contributed by atoms with van der Waals surface area (Å²) in [6, 6.07) is 1.67. The van der Waals surface area contributed by atoms with Crippen LogP contribution in [0.25, 0.3) is 0 Å². The zero-order valence-electron chi connectivity index (χ0n) is 6.43. The van der Waals surface area contributed by atoms with E-state index in [-0.39, 0.29) is 11.4 Å². The molecule has 0 saturated heterocycles. The molecule has 0 spiro atoms. The van der Waals surface area contributed by atoms with Gasteiger partial charge in [-0.1, -0.05) is 0 Å². The highest BCUT2D eigenvalue weighted by molar-refractivity contribution is 7.08. The molecule has 5 heteroatoms. The third-order valence-electron chi connectivity index (χ3n) is 1.59. The van der Waals surface area contributed by atoms with Crippen molar-refractivity contribution in [2.45, 2.75) is 0 Å². The summed E-state index contributed by atoms with van der Waals surface area (Å²) >= 11 is 1.41. The first-order chi connectivity index (χ1) is 6.29. The van der Waals surface area contributed by atoms with Crippen LogP contribution in [0.1, 0.15) is 10.4 Å². The van der Waals surface area contributed by atoms with Crippen LogP contribution in [0.5, 0.6) is 0 Å². The van der Waals surface area contributed by atoms with Gasteiger partial charge in [0.05, 0.1) is 6.20 Å². The molecule has 0 N–H and O–H groups in total. The first kappa shape index (κ1) is 8.00. The summed E-state index contributed by atoms with van der Waals surface area (Å²) in [7, 11) is 0. The highest BCUT2D eigenvalue weighted by atomic mass is 32.1. The van der Waals surface area contributed by atoms with E-state index in [1.807, 2.05) is 0 Å². The number of carbonyl (C=O) groups is 2. The van der Waals surface area contributed by atoms with Crippen LogP contribution >= 0.6 is 11.3 Å². The molecule has 1 aromatic rings. The minimum atomic E-state index is -0.559. The smallest absolute Gasteiger partial charge is 0.288 e. The van der Waals surface area contributed by atoms with Crippen molar-refractivity contribution in [3.8, 4) is 0 Å². The first-order valence-electron chi connectivity index (χ1n) is 3.51. The molecule has 0 bridgehead atoms. The summed E-state index contributed by atoms with van der Waals surface area (Å²) < 4.78 is 0. The molecular formula is C8H4N2O2S. The third-order valence-corrected chi connectivity index (χ3v) is 2.28. The Labute approximate surface area is 77.6 Å². The molecule has 2 heterocycles. The van der Waals surface area contributed by atoms with Crippen LogP contribution in [-0.4, -0.2) is 11.7 Å². The van der Waals surface area contributed by atoms with Gasteiger partial charge in [0, 0.05) is 10.9 Å². The van der Waals surface area contributed by atoms with Gasteiger partial charge in [-0.2, -0.15) is 16.5 Å². The predicted octanol–water partition coefficient (Wildman–Crippen LogP) is 1.81. The van der Waals surface area contributed by atoms with Crippen molar-refractivity contribution in [2.75, 3.05) is 0 Å². The number of nitrogens with zero attached hydrogens (tertiary/aromatic N) is 2. The molecule has 0 radical (unpaired) electrons. The van der Waals surface area contributed by atoms with E-state index in [0.29, 0.717) is 5.56 Å². The maximum absolute atomic E-state index is 11.5. The molecule has 2 rings (SSSR count). The maximum Gasteiger partial charge on any atom is 0.301 e. The Morgan fingerprint density at radius 2 is 2.31 bits per heavy atom. The van der Waals surface area contributed by atoms with Crippen LogP contribution in [0, 0.1) is 0 Å². The molecule has 1 amide bonds. The Bertz CT molecular complexity index is 417. The number of rotatable bonds is 2. The van der Waals surface area contributed by atoms with Crippen molar-refractivity contribution in [1.82, 2.24) is 0 Å². The van der Waals surface area contributed by atoms with Crippen molar-refractivity contribution >= 4 is 23.0 Å². The fraction of sp³-hybridized carbons (Fsp3) is 0. The molecule has 0 atom stereocenters. The maximum atomic E-state index is 11.5. The van der Waals surface area contributed by atoms with Gasteiger partial charge in [0.15, 0.2) is 0 Å². The Morgan fingerprint density at radius 1 is 1.46 bits per heavy atom. The minimum Gasteiger partial charge on any atom is -0.288 e. The van der Waals surface area contributed by atoms with E-state index >= 15 is 0 Å². The van der Waals surface area contributed by atoms with Crippen LogP contribution < -0.4 is 0 Å². The lowest BCUT2D eigenvalue weighted by atomic mass is 10.1. The predicted molar refractivity (Wildman–Crippen MR) is 46.6 cm³/mol. The monoisotopic (exact) mass is 192 g/mol. The summed E-state index contributed by atoms with van der Waals surface area (Å²) in [6.07, 6.45) is 1.20. The Kier molecular flexibility index (Phi) is 1.86. The second-order valence-corrected chi connectivity index (χ2v) is 3.18. The van der Waals surface area contributed by atoms with Gasteiger partial charge in [-0.25, -0.2) is 0 Å². The molecule has 0 unspecified atom stereocenters. The lowest BCUT2D eigenvalue weighted by Crippen LogP contribution is -2.07. The van der Waals surface area contributed by atoms with Crippen molar-refractivity contribution < 1.29 is 9.59 Å². The fourth-order valence-electron chi connectivity index (χ4n) is 0.953. The largest absolute Gasteiger partial charge is 0.301 e. The number of carbonyl (C=O) groups excluding carboxylic acids is 2. The van der Waals surface area contributed by atoms with E-state index in [4.69, 9.17) is 0 Å². The summed E-state index contributed by atoms with van der Waals surface area (Å²) in [4.78, 5) is 22.5. The number of hydrogen-bond donors (Lipinski definition) is 0. The summed E-state index contributed by atoms with van der Waals surface area (Å²) in [6.45, 7) is 0.